The van der Waals surface area contributed by atoms with Crippen LogP contribution in [0.1, 0.15) is 44.0 Å². The van der Waals surface area contributed by atoms with E-state index < -0.39 is 5.97 Å². The number of carbonyl (C=O) groups is 1. The van der Waals surface area contributed by atoms with E-state index in [2.05, 4.69) is 4.98 Å². The van der Waals surface area contributed by atoms with Crippen LogP contribution in [0.5, 0.6) is 5.75 Å². The van der Waals surface area contributed by atoms with E-state index in [1.807, 2.05) is 62.4 Å². The number of aryl methyl sites for hydroxylation is 1. The van der Waals surface area contributed by atoms with Crippen molar-refractivity contribution in [3.05, 3.63) is 59.9 Å². The van der Waals surface area contributed by atoms with Gasteiger partial charge in [0.2, 0.25) is 0 Å². The maximum Gasteiger partial charge on any atom is 0.303 e. The number of carboxylic acids is 1. The molecule has 134 valence electrons. The molecular formula is C21H27NO3. The average Bonchev–Trinajstić information content (AvgIpc) is 2.54. The number of para-hydroxylation sites is 1. The number of rotatable bonds is 10. The van der Waals surface area contributed by atoms with Crippen LogP contribution in [0.25, 0.3) is 0 Å². The molecule has 0 saturated heterocycles. The Balaban J connectivity index is 1.85. The summed E-state index contributed by atoms with van der Waals surface area (Å²) >= 11 is 0. The molecule has 0 saturated carbocycles. The van der Waals surface area contributed by atoms with E-state index in [1.54, 1.807) is 0 Å². The molecule has 1 aromatic heterocycles. The summed E-state index contributed by atoms with van der Waals surface area (Å²) in [5.41, 5.74) is 1.63. The molecular weight excluding hydrogens is 314 g/mol. The highest BCUT2D eigenvalue weighted by atomic mass is 16.5. The number of benzene rings is 1. The standard InChI is InChI=1S/C21H27NO3/c1-17-9-8-10-18(22-17)15-21(2,16-20(23)24)13-6-7-14-25-19-11-4-3-5-12-19/h3-5,8-12H,6-7,13-16H2,1-2H3,(H,23,24). The summed E-state index contributed by atoms with van der Waals surface area (Å²) in [6.07, 6.45) is 3.52. The number of ether oxygens (including phenoxy) is 1. The topological polar surface area (TPSA) is 59.4 Å². The number of pyridine rings is 1. The molecule has 0 fully saturated rings. The Bertz CT molecular complexity index is 672. The molecule has 0 aliphatic heterocycles. The van der Waals surface area contributed by atoms with Gasteiger partial charge in [0.05, 0.1) is 13.0 Å². The lowest BCUT2D eigenvalue weighted by Crippen LogP contribution is -2.24. The maximum absolute atomic E-state index is 11.3. The second-order valence-corrected chi connectivity index (χ2v) is 6.95. The summed E-state index contributed by atoms with van der Waals surface area (Å²) < 4.78 is 5.71. The van der Waals surface area contributed by atoms with E-state index in [9.17, 15) is 9.90 Å². The molecule has 0 aliphatic rings. The molecule has 0 aliphatic carbocycles. The van der Waals surface area contributed by atoms with Crippen LogP contribution < -0.4 is 4.74 Å². The summed E-state index contributed by atoms with van der Waals surface area (Å²) in [4.78, 5) is 15.8. The highest BCUT2D eigenvalue weighted by molar-refractivity contribution is 5.67. The lowest BCUT2D eigenvalue weighted by molar-refractivity contribution is -0.139. The number of aliphatic carboxylic acids is 1. The van der Waals surface area contributed by atoms with Gasteiger partial charge in [-0.2, -0.15) is 0 Å². The molecule has 1 N–H and O–H groups in total. The van der Waals surface area contributed by atoms with Gasteiger partial charge in [0, 0.05) is 11.4 Å². The zero-order valence-electron chi connectivity index (χ0n) is 15.1. The predicted octanol–water partition coefficient (Wildman–Crippen LogP) is 4.66. The van der Waals surface area contributed by atoms with E-state index in [0.717, 1.165) is 36.4 Å². The Morgan fingerprint density at radius 1 is 1.12 bits per heavy atom. The second kappa shape index (κ2) is 9.21. The van der Waals surface area contributed by atoms with Gasteiger partial charge in [0.1, 0.15) is 5.75 Å². The summed E-state index contributed by atoms with van der Waals surface area (Å²) in [6.45, 7) is 4.65. The van der Waals surface area contributed by atoms with Crippen molar-refractivity contribution >= 4 is 5.97 Å². The average molecular weight is 341 g/mol. The summed E-state index contributed by atoms with van der Waals surface area (Å²) in [5.74, 6) is 0.121. The monoisotopic (exact) mass is 341 g/mol. The molecule has 25 heavy (non-hydrogen) atoms. The van der Waals surface area contributed by atoms with Crippen LogP contribution in [-0.2, 0) is 11.2 Å². The van der Waals surface area contributed by atoms with Gasteiger partial charge in [-0.3, -0.25) is 9.78 Å². The second-order valence-electron chi connectivity index (χ2n) is 6.95. The van der Waals surface area contributed by atoms with Gasteiger partial charge in [-0.25, -0.2) is 0 Å². The Hall–Kier alpha value is -2.36. The number of hydrogen-bond donors (Lipinski definition) is 1. The molecule has 1 heterocycles. The van der Waals surface area contributed by atoms with Crippen molar-refractivity contribution in [3.8, 4) is 5.75 Å². The van der Waals surface area contributed by atoms with E-state index >= 15 is 0 Å². The smallest absolute Gasteiger partial charge is 0.303 e. The third kappa shape index (κ3) is 6.96. The molecule has 1 aromatic carbocycles. The van der Waals surface area contributed by atoms with Gasteiger partial charge in [-0.1, -0.05) is 31.2 Å². The molecule has 1 unspecified atom stereocenters. The van der Waals surface area contributed by atoms with Gasteiger partial charge in [-0.15, -0.1) is 0 Å². The molecule has 4 nitrogen and oxygen atoms in total. The first-order valence-electron chi connectivity index (χ1n) is 8.79. The van der Waals surface area contributed by atoms with Gasteiger partial charge >= 0.3 is 5.97 Å². The molecule has 2 aromatic rings. The van der Waals surface area contributed by atoms with Crippen molar-refractivity contribution in [1.29, 1.82) is 0 Å². The number of hydrogen-bond acceptors (Lipinski definition) is 3. The maximum atomic E-state index is 11.3. The zero-order chi connectivity index (χ0) is 18.1. The third-order valence-corrected chi connectivity index (χ3v) is 4.32. The Morgan fingerprint density at radius 2 is 1.88 bits per heavy atom. The normalized spacial score (nSPS) is 13.2. The fraction of sp³-hybridized carbons (Fsp3) is 0.429. The van der Waals surface area contributed by atoms with Crippen LogP contribution >= 0.6 is 0 Å². The summed E-state index contributed by atoms with van der Waals surface area (Å²) in [6, 6.07) is 15.7. The van der Waals surface area contributed by atoms with E-state index in [-0.39, 0.29) is 11.8 Å². The first-order chi connectivity index (χ1) is 12.0. The minimum absolute atomic E-state index is 0.155. The van der Waals surface area contributed by atoms with Crippen molar-refractivity contribution in [2.24, 2.45) is 5.41 Å². The highest BCUT2D eigenvalue weighted by Gasteiger charge is 2.28. The highest BCUT2D eigenvalue weighted by Crippen LogP contribution is 2.32. The van der Waals surface area contributed by atoms with Crippen molar-refractivity contribution in [1.82, 2.24) is 4.98 Å². The lowest BCUT2D eigenvalue weighted by Gasteiger charge is -2.28. The van der Waals surface area contributed by atoms with Crippen LogP contribution in [0.3, 0.4) is 0 Å². The Kier molecular flexibility index (Phi) is 6.99. The Labute approximate surface area is 149 Å². The lowest BCUT2D eigenvalue weighted by atomic mass is 9.77. The molecule has 1 atom stereocenters. The SMILES string of the molecule is Cc1cccc(CC(C)(CCCCOc2ccccc2)CC(=O)O)n1. The van der Waals surface area contributed by atoms with Gasteiger partial charge in [0.25, 0.3) is 0 Å². The fourth-order valence-electron chi connectivity index (χ4n) is 3.10. The van der Waals surface area contributed by atoms with Crippen LogP contribution in [0.4, 0.5) is 0 Å². The van der Waals surface area contributed by atoms with Gasteiger partial charge in [-0.05, 0) is 62.3 Å². The number of aromatic nitrogens is 1. The van der Waals surface area contributed by atoms with Crippen molar-refractivity contribution in [2.75, 3.05) is 6.61 Å². The quantitative estimate of drug-likeness (QED) is 0.638. The molecule has 0 amide bonds. The molecule has 2 rings (SSSR count). The minimum atomic E-state index is -0.754. The zero-order valence-corrected chi connectivity index (χ0v) is 15.1. The molecule has 4 heteroatoms. The molecule has 0 bridgehead atoms. The van der Waals surface area contributed by atoms with Gasteiger partial charge < -0.3 is 9.84 Å². The fourth-order valence-corrected chi connectivity index (χ4v) is 3.10. The predicted molar refractivity (Wildman–Crippen MR) is 98.8 cm³/mol. The van der Waals surface area contributed by atoms with Gasteiger partial charge in [0.15, 0.2) is 0 Å². The van der Waals surface area contributed by atoms with Crippen LogP contribution in [0, 0.1) is 12.3 Å². The molecule has 0 radical (unpaired) electrons. The Morgan fingerprint density at radius 3 is 2.56 bits per heavy atom. The first kappa shape index (κ1) is 19.0. The van der Waals surface area contributed by atoms with E-state index in [1.165, 1.54) is 0 Å². The van der Waals surface area contributed by atoms with Crippen LogP contribution in [0.2, 0.25) is 0 Å². The number of unbranched alkanes of at least 4 members (excludes halogenated alkanes) is 1. The van der Waals surface area contributed by atoms with Crippen LogP contribution in [-0.4, -0.2) is 22.7 Å². The van der Waals surface area contributed by atoms with Crippen molar-refractivity contribution in [3.63, 3.8) is 0 Å². The number of nitrogens with zero attached hydrogens (tertiary/aromatic N) is 1. The largest absolute Gasteiger partial charge is 0.494 e. The van der Waals surface area contributed by atoms with Crippen molar-refractivity contribution < 1.29 is 14.6 Å². The van der Waals surface area contributed by atoms with Crippen molar-refractivity contribution in [2.45, 2.75) is 46.0 Å². The van der Waals surface area contributed by atoms with Crippen LogP contribution in [0.15, 0.2) is 48.5 Å². The summed E-state index contributed by atoms with van der Waals surface area (Å²) in [7, 11) is 0. The number of carboxylic acid groups (broad SMARTS) is 1. The third-order valence-electron chi connectivity index (χ3n) is 4.32. The molecule has 0 spiro atoms. The van der Waals surface area contributed by atoms with E-state index in [4.69, 9.17) is 4.74 Å². The first-order valence-corrected chi connectivity index (χ1v) is 8.79. The minimum Gasteiger partial charge on any atom is -0.494 e. The van der Waals surface area contributed by atoms with E-state index in [0.29, 0.717) is 13.0 Å². The summed E-state index contributed by atoms with van der Waals surface area (Å²) in [5, 5.41) is 9.29.